The first-order valence-electron chi connectivity index (χ1n) is 8.45. The molecule has 3 nitrogen and oxygen atoms in total. The molecule has 0 saturated heterocycles. The van der Waals surface area contributed by atoms with Gasteiger partial charge in [0.15, 0.2) is 5.16 Å². The van der Waals surface area contributed by atoms with E-state index in [4.69, 9.17) is 4.98 Å². The Bertz CT molecular complexity index is 689. The number of aromatic nitrogens is 2. The molecular formula is C18H24N2OS. The van der Waals surface area contributed by atoms with E-state index < -0.39 is 0 Å². The van der Waals surface area contributed by atoms with Crippen molar-refractivity contribution in [2.75, 3.05) is 5.75 Å². The number of rotatable bonds is 5. The van der Waals surface area contributed by atoms with Crippen molar-refractivity contribution in [1.29, 1.82) is 0 Å². The number of para-hydroxylation sites is 1. The van der Waals surface area contributed by atoms with E-state index >= 15 is 0 Å². The summed E-state index contributed by atoms with van der Waals surface area (Å²) in [5.41, 5.74) is 0.982. The van der Waals surface area contributed by atoms with Crippen molar-refractivity contribution >= 4 is 22.7 Å². The van der Waals surface area contributed by atoms with Crippen LogP contribution in [0.5, 0.6) is 0 Å². The van der Waals surface area contributed by atoms with E-state index in [-0.39, 0.29) is 5.56 Å². The number of thioether (sulfide) groups is 1. The summed E-state index contributed by atoms with van der Waals surface area (Å²) in [5.74, 6) is 1.04. The predicted molar refractivity (Wildman–Crippen MR) is 93.8 cm³/mol. The summed E-state index contributed by atoms with van der Waals surface area (Å²) in [6, 6.07) is 8.08. The van der Waals surface area contributed by atoms with Crippen LogP contribution in [0.1, 0.15) is 57.9 Å². The molecule has 0 unspecified atom stereocenters. The molecule has 0 spiro atoms. The maximum atomic E-state index is 13.0. The van der Waals surface area contributed by atoms with E-state index in [9.17, 15) is 4.79 Å². The predicted octanol–water partition coefficient (Wildman–Crippen LogP) is 4.79. The molecular weight excluding hydrogens is 292 g/mol. The molecule has 0 N–H and O–H groups in total. The molecule has 118 valence electrons. The van der Waals surface area contributed by atoms with Gasteiger partial charge in [-0.3, -0.25) is 9.36 Å². The van der Waals surface area contributed by atoms with Crippen molar-refractivity contribution in [2.24, 2.45) is 0 Å². The number of nitrogens with zero attached hydrogens (tertiary/aromatic N) is 2. The zero-order chi connectivity index (χ0) is 15.4. The molecule has 0 aliphatic heterocycles. The van der Waals surface area contributed by atoms with Crippen LogP contribution in [-0.2, 0) is 0 Å². The highest BCUT2D eigenvalue weighted by Gasteiger charge is 2.21. The van der Waals surface area contributed by atoms with Crippen molar-refractivity contribution in [3.8, 4) is 0 Å². The second-order valence-electron chi connectivity index (χ2n) is 6.08. The van der Waals surface area contributed by atoms with Gasteiger partial charge in [0.1, 0.15) is 0 Å². The topological polar surface area (TPSA) is 34.9 Å². The van der Waals surface area contributed by atoms with Crippen LogP contribution in [0.4, 0.5) is 0 Å². The summed E-state index contributed by atoms with van der Waals surface area (Å²) in [4.78, 5) is 17.8. The fraction of sp³-hybridized carbons (Fsp3) is 0.556. The third-order valence-electron chi connectivity index (χ3n) is 4.44. The first kappa shape index (κ1) is 15.6. The monoisotopic (exact) mass is 316 g/mol. The number of hydrogen-bond donors (Lipinski definition) is 0. The summed E-state index contributed by atoms with van der Waals surface area (Å²) in [7, 11) is 0. The molecule has 22 heavy (non-hydrogen) atoms. The first-order valence-corrected chi connectivity index (χ1v) is 9.44. The Morgan fingerprint density at radius 1 is 1.23 bits per heavy atom. The summed E-state index contributed by atoms with van der Waals surface area (Å²) >= 11 is 1.75. The molecule has 0 amide bonds. The minimum Gasteiger partial charge on any atom is -0.284 e. The van der Waals surface area contributed by atoms with E-state index in [1.54, 1.807) is 11.8 Å². The van der Waals surface area contributed by atoms with Crippen LogP contribution >= 0.6 is 11.8 Å². The van der Waals surface area contributed by atoms with Crippen LogP contribution in [0, 0.1) is 0 Å². The first-order chi connectivity index (χ1) is 10.8. The number of fused-ring (bicyclic) bond motifs is 1. The Balaban J connectivity index is 2.06. The number of hydrogen-bond acceptors (Lipinski definition) is 3. The van der Waals surface area contributed by atoms with Gasteiger partial charge in [0.05, 0.1) is 10.9 Å². The molecule has 2 aromatic rings. The molecule has 0 radical (unpaired) electrons. The minimum atomic E-state index is 0.150. The third kappa shape index (κ3) is 3.22. The normalized spacial score (nSPS) is 16.2. The summed E-state index contributed by atoms with van der Waals surface area (Å²) < 4.78 is 2.00. The average molecular weight is 316 g/mol. The van der Waals surface area contributed by atoms with Gasteiger partial charge in [-0.25, -0.2) is 4.98 Å². The van der Waals surface area contributed by atoms with Crippen LogP contribution in [0.25, 0.3) is 10.9 Å². The lowest BCUT2D eigenvalue weighted by atomic mass is 9.95. The van der Waals surface area contributed by atoms with Gasteiger partial charge in [-0.2, -0.15) is 0 Å². The molecule has 1 aliphatic carbocycles. The van der Waals surface area contributed by atoms with Gasteiger partial charge in [-0.15, -0.1) is 0 Å². The van der Waals surface area contributed by atoms with E-state index in [0.29, 0.717) is 6.04 Å². The largest absolute Gasteiger partial charge is 0.284 e. The summed E-state index contributed by atoms with van der Waals surface area (Å²) in [6.07, 6.45) is 8.31. The molecule has 4 heteroatoms. The van der Waals surface area contributed by atoms with Gasteiger partial charge in [0.25, 0.3) is 5.56 Å². The van der Waals surface area contributed by atoms with Crippen LogP contribution in [-0.4, -0.2) is 15.3 Å². The third-order valence-corrected chi connectivity index (χ3v) is 5.48. The minimum absolute atomic E-state index is 0.150. The molecule has 1 saturated carbocycles. The Morgan fingerprint density at radius 2 is 2.00 bits per heavy atom. The quantitative estimate of drug-likeness (QED) is 0.452. The fourth-order valence-corrected chi connectivity index (χ4v) is 4.35. The maximum Gasteiger partial charge on any atom is 0.262 e. The highest BCUT2D eigenvalue weighted by molar-refractivity contribution is 7.99. The lowest BCUT2D eigenvalue weighted by Gasteiger charge is -2.26. The highest BCUT2D eigenvalue weighted by atomic mass is 32.2. The Morgan fingerprint density at radius 3 is 2.77 bits per heavy atom. The van der Waals surface area contributed by atoms with E-state index in [2.05, 4.69) is 6.92 Å². The fourth-order valence-electron chi connectivity index (χ4n) is 3.20. The van der Waals surface area contributed by atoms with Crippen LogP contribution < -0.4 is 5.56 Å². The van der Waals surface area contributed by atoms with Crippen LogP contribution in [0.3, 0.4) is 0 Å². The van der Waals surface area contributed by atoms with Gasteiger partial charge >= 0.3 is 0 Å². The zero-order valence-corrected chi connectivity index (χ0v) is 14.1. The smallest absolute Gasteiger partial charge is 0.262 e. The Hall–Kier alpha value is -1.29. The van der Waals surface area contributed by atoms with E-state index in [1.807, 2.05) is 28.8 Å². The van der Waals surface area contributed by atoms with Crippen molar-refractivity contribution in [3.63, 3.8) is 0 Å². The van der Waals surface area contributed by atoms with Crippen molar-refractivity contribution in [3.05, 3.63) is 34.6 Å². The summed E-state index contributed by atoms with van der Waals surface area (Å²) in [5, 5.41) is 1.68. The molecule has 1 aromatic heterocycles. The van der Waals surface area contributed by atoms with Gasteiger partial charge in [0, 0.05) is 11.8 Å². The van der Waals surface area contributed by atoms with Gasteiger partial charge in [-0.05, 0) is 31.4 Å². The van der Waals surface area contributed by atoms with E-state index in [0.717, 1.165) is 41.1 Å². The second kappa shape index (κ2) is 7.32. The van der Waals surface area contributed by atoms with Gasteiger partial charge in [-0.1, -0.05) is 56.5 Å². The Labute approximate surface area is 136 Å². The van der Waals surface area contributed by atoms with Crippen molar-refractivity contribution in [2.45, 2.75) is 63.1 Å². The molecule has 1 aromatic carbocycles. The number of unbranched alkanes of at least 4 members (excludes halogenated alkanes) is 1. The lowest BCUT2D eigenvalue weighted by molar-refractivity contribution is 0.326. The van der Waals surface area contributed by atoms with Crippen LogP contribution in [0.15, 0.2) is 34.2 Å². The molecule has 3 rings (SSSR count). The molecule has 0 atom stereocenters. The van der Waals surface area contributed by atoms with Crippen molar-refractivity contribution < 1.29 is 0 Å². The maximum absolute atomic E-state index is 13.0. The molecule has 1 fully saturated rings. The highest BCUT2D eigenvalue weighted by Crippen LogP contribution is 2.31. The van der Waals surface area contributed by atoms with Crippen LogP contribution in [0.2, 0.25) is 0 Å². The standard InChI is InChI=1S/C18H24N2OS/c1-2-3-13-22-18-19-16-12-8-7-11-15(16)17(21)20(18)14-9-5-4-6-10-14/h7-8,11-12,14H,2-6,9-10,13H2,1H3. The average Bonchev–Trinajstić information content (AvgIpc) is 2.56. The molecule has 1 aliphatic rings. The molecule has 0 bridgehead atoms. The lowest BCUT2D eigenvalue weighted by Crippen LogP contribution is -2.29. The second-order valence-corrected chi connectivity index (χ2v) is 7.14. The molecule has 1 heterocycles. The Kier molecular flexibility index (Phi) is 5.19. The number of benzene rings is 1. The van der Waals surface area contributed by atoms with Crippen molar-refractivity contribution in [1.82, 2.24) is 9.55 Å². The summed E-state index contributed by atoms with van der Waals surface area (Å²) in [6.45, 7) is 2.20. The van der Waals surface area contributed by atoms with E-state index in [1.165, 1.54) is 25.7 Å². The van der Waals surface area contributed by atoms with Gasteiger partial charge < -0.3 is 0 Å². The van der Waals surface area contributed by atoms with Gasteiger partial charge in [0.2, 0.25) is 0 Å². The SMILES string of the molecule is CCCCSc1nc2ccccc2c(=O)n1C1CCCCC1. The zero-order valence-electron chi connectivity index (χ0n) is 13.3.